The van der Waals surface area contributed by atoms with Gasteiger partial charge >= 0.3 is 5.97 Å². The summed E-state index contributed by atoms with van der Waals surface area (Å²) >= 11 is 0. The highest BCUT2D eigenvalue weighted by atomic mass is 16.4. The molecule has 0 heterocycles. The van der Waals surface area contributed by atoms with Gasteiger partial charge in [-0.15, -0.1) is 0 Å². The Balaban J connectivity index is 2.15. The highest BCUT2D eigenvalue weighted by molar-refractivity contribution is 5.88. The minimum Gasteiger partial charge on any atom is -0.478 e. The number of carbonyl (C=O) groups is 1. The zero-order valence-corrected chi connectivity index (χ0v) is 11.6. The van der Waals surface area contributed by atoms with Crippen LogP contribution in [0.4, 0.5) is 0 Å². The lowest BCUT2D eigenvalue weighted by Crippen LogP contribution is -2.44. The fourth-order valence-electron chi connectivity index (χ4n) is 5.45. The Morgan fingerprint density at radius 1 is 1.40 bits per heavy atom. The Kier molecular flexibility index (Phi) is 3.01. The molecule has 6 unspecified atom stereocenters. The van der Waals surface area contributed by atoms with Crippen molar-refractivity contribution in [3.8, 4) is 0 Å². The number of rotatable bonds is 3. The summed E-state index contributed by atoms with van der Waals surface area (Å²) in [6.07, 6.45) is 2.83. The molecule has 4 N–H and O–H groups in total. The first-order valence-electron chi connectivity index (χ1n) is 7.26. The summed E-state index contributed by atoms with van der Waals surface area (Å²) in [5.74, 6) is -1.20. The van der Waals surface area contributed by atoms with E-state index in [1.165, 1.54) is 6.08 Å². The maximum Gasteiger partial charge on any atom is 0.331 e. The molecule has 3 aliphatic rings. The molecule has 0 aromatic heterocycles. The second-order valence-electron chi connectivity index (χ2n) is 6.91. The smallest absolute Gasteiger partial charge is 0.331 e. The molecule has 2 bridgehead atoms. The van der Waals surface area contributed by atoms with E-state index in [4.69, 9.17) is 0 Å². The van der Waals surface area contributed by atoms with Gasteiger partial charge in [0.25, 0.3) is 0 Å². The molecule has 0 aliphatic heterocycles. The van der Waals surface area contributed by atoms with Crippen molar-refractivity contribution in [1.29, 1.82) is 0 Å². The van der Waals surface area contributed by atoms with Crippen LogP contribution in [0.25, 0.3) is 0 Å². The molecule has 0 amide bonds. The van der Waals surface area contributed by atoms with Crippen LogP contribution in [0.1, 0.15) is 26.2 Å². The van der Waals surface area contributed by atoms with Gasteiger partial charge in [-0.25, -0.2) is 4.79 Å². The number of aliphatic hydroxyl groups is 3. The highest BCUT2D eigenvalue weighted by Gasteiger charge is 2.69. The van der Waals surface area contributed by atoms with Crippen molar-refractivity contribution in [2.45, 2.75) is 32.3 Å². The van der Waals surface area contributed by atoms with E-state index >= 15 is 0 Å². The maximum absolute atomic E-state index is 11.4. The summed E-state index contributed by atoms with van der Waals surface area (Å²) in [5.41, 5.74) is -0.757. The minimum atomic E-state index is -1.01. The topological polar surface area (TPSA) is 98.0 Å². The molecular weight excluding hydrogens is 260 g/mol. The zero-order chi connectivity index (χ0) is 14.7. The minimum absolute atomic E-state index is 0.00929. The molecule has 2 fully saturated rings. The van der Waals surface area contributed by atoms with Gasteiger partial charge in [0, 0.05) is 29.6 Å². The fraction of sp³-hybridized carbons (Fsp3) is 0.800. The van der Waals surface area contributed by atoms with Crippen molar-refractivity contribution in [3.05, 3.63) is 11.6 Å². The molecule has 0 aromatic carbocycles. The Labute approximate surface area is 117 Å². The Morgan fingerprint density at radius 2 is 2.10 bits per heavy atom. The molecule has 0 saturated heterocycles. The lowest BCUT2D eigenvalue weighted by atomic mass is 9.66. The Hall–Kier alpha value is -0.910. The van der Waals surface area contributed by atoms with Crippen molar-refractivity contribution in [1.82, 2.24) is 0 Å². The summed E-state index contributed by atoms with van der Waals surface area (Å²) in [5, 5.41) is 39.5. The van der Waals surface area contributed by atoms with Crippen molar-refractivity contribution < 1.29 is 25.2 Å². The number of hydrogen-bond acceptors (Lipinski definition) is 4. The SMILES string of the molecule is CC1(CO)C2CC3(C(O)C=C2C(=O)O)C(CO)CCC13. The Bertz CT molecular complexity index is 473. The van der Waals surface area contributed by atoms with Crippen LogP contribution < -0.4 is 0 Å². The van der Waals surface area contributed by atoms with E-state index in [2.05, 4.69) is 0 Å². The van der Waals surface area contributed by atoms with E-state index in [9.17, 15) is 25.2 Å². The first kappa shape index (κ1) is 14.0. The summed E-state index contributed by atoms with van der Waals surface area (Å²) in [4.78, 5) is 11.4. The van der Waals surface area contributed by atoms with E-state index in [-0.39, 0.29) is 36.5 Å². The van der Waals surface area contributed by atoms with E-state index in [0.717, 1.165) is 12.8 Å². The molecule has 5 heteroatoms. The number of aliphatic hydroxyl groups excluding tert-OH is 3. The highest BCUT2D eigenvalue weighted by Crippen LogP contribution is 2.71. The fourth-order valence-corrected chi connectivity index (χ4v) is 5.45. The zero-order valence-electron chi connectivity index (χ0n) is 11.6. The van der Waals surface area contributed by atoms with Crippen molar-refractivity contribution >= 4 is 5.97 Å². The lowest BCUT2D eigenvalue weighted by molar-refractivity contribution is -0.134. The van der Waals surface area contributed by atoms with Gasteiger partial charge in [-0.2, -0.15) is 0 Å². The summed E-state index contributed by atoms with van der Waals surface area (Å²) < 4.78 is 0. The number of carboxylic acids is 1. The van der Waals surface area contributed by atoms with E-state index < -0.39 is 22.9 Å². The third-order valence-electron chi connectivity index (χ3n) is 6.43. The molecule has 3 aliphatic carbocycles. The molecule has 0 aromatic rings. The van der Waals surface area contributed by atoms with Crippen LogP contribution in [-0.4, -0.2) is 45.7 Å². The molecule has 0 radical (unpaired) electrons. The quantitative estimate of drug-likeness (QED) is 0.600. The maximum atomic E-state index is 11.4. The van der Waals surface area contributed by atoms with Gasteiger partial charge in [0.1, 0.15) is 0 Å². The monoisotopic (exact) mass is 282 g/mol. The van der Waals surface area contributed by atoms with Crippen LogP contribution >= 0.6 is 0 Å². The van der Waals surface area contributed by atoms with Gasteiger partial charge in [0.15, 0.2) is 0 Å². The van der Waals surface area contributed by atoms with Gasteiger partial charge in [0.2, 0.25) is 0 Å². The van der Waals surface area contributed by atoms with E-state index in [0.29, 0.717) is 6.42 Å². The number of hydrogen-bond donors (Lipinski definition) is 4. The molecule has 3 rings (SSSR count). The van der Waals surface area contributed by atoms with Crippen molar-refractivity contribution in [2.75, 3.05) is 13.2 Å². The van der Waals surface area contributed by atoms with Crippen molar-refractivity contribution in [2.24, 2.45) is 28.6 Å². The van der Waals surface area contributed by atoms with E-state index in [1.807, 2.05) is 6.92 Å². The molecule has 112 valence electrons. The predicted octanol–water partition coefficient (Wildman–Crippen LogP) is 0.395. The van der Waals surface area contributed by atoms with Gasteiger partial charge < -0.3 is 20.4 Å². The van der Waals surface area contributed by atoms with Crippen LogP contribution in [0, 0.1) is 28.6 Å². The molecule has 2 saturated carbocycles. The summed E-state index contributed by atoms with van der Waals surface area (Å²) in [6.45, 7) is 1.86. The third kappa shape index (κ3) is 1.41. The normalized spacial score (nSPS) is 49.9. The number of carboxylic acid groups (broad SMARTS) is 1. The van der Waals surface area contributed by atoms with Gasteiger partial charge in [-0.05, 0) is 43.1 Å². The molecule has 6 atom stereocenters. The van der Waals surface area contributed by atoms with Crippen LogP contribution in [0.5, 0.6) is 0 Å². The largest absolute Gasteiger partial charge is 0.478 e. The van der Waals surface area contributed by atoms with Crippen LogP contribution in [0.15, 0.2) is 11.6 Å². The summed E-state index contributed by atoms with van der Waals surface area (Å²) in [6, 6.07) is 0. The molecule has 5 nitrogen and oxygen atoms in total. The van der Waals surface area contributed by atoms with Crippen LogP contribution in [0.2, 0.25) is 0 Å². The average Bonchev–Trinajstić information content (AvgIpc) is 2.88. The van der Waals surface area contributed by atoms with E-state index in [1.54, 1.807) is 0 Å². The standard InChI is InChI=1S/C15H22O5/c1-14(7-17)10-5-15(8(6-16)2-3-11(14)15)12(18)4-9(10)13(19)20/h4,8,10-12,16-18H,2-3,5-7H2,1H3,(H,19,20). The van der Waals surface area contributed by atoms with Gasteiger partial charge in [-0.3, -0.25) is 0 Å². The molecular formula is C15H22O5. The lowest BCUT2D eigenvalue weighted by Gasteiger charge is -2.41. The third-order valence-corrected chi connectivity index (χ3v) is 6.43. The van der Waals surface area contributed by atoms with Gasteiger partial charge in [0.05, 0.1) is 6.10 Å². The first-order valence-corrected chi connectivity index (χ1v) is 7.26. The average molecular weight is 282 g/mol. The second-order valence-corrected chi connectivity index (χ2v) is 6.91. The Morgan fingerprint density at radius 3 is 2.65 bits per heavy atom. The van der Waals surface area contributed by atoms with Gasteiger partial charge in [-0.1, -0.05) is 6.92 Å². The predicted molar refractivity (Wildman–Crippen MR) is 70.8 cm³/mol. The number of fused-ring (bicyclic) bond motifs is 1. The molecule has 20 heavy (non-hydrogen) atoms. The first-order chi connectivity index (χ1) is 9.41. The summed E-state index contributed by atoms with van der Waals surface area (Å²) in [7, 11) is 0. The van der Waals surface area contributed by atoms with Crippen molar-refractivity contribution in [3.63, 3.8) is 0 Å². The number of aliphatic carboxylic acids is 1. The second kappa shape index (κ2) is 4.29. The van der Waals surface area contributed by atoms with Crippen LogP contribution in [-0.2, 0) is 4.79 Å². The van der Waals surface area contributed by atoms with Crippen LogP contribution in [0.3, 0.4) is 0 Å². The molecule has 1 spiro atoms.